The Balaban J connectivity index is 2.19. The monoisotopic (exact) mass is 334 g/mol. The van der Waals surface area contributed by atoms with E-state index in [0.717, 1.165) is 48.1 Å². The first-order chi connectivity index (χ1) is 12.2. The SMILES string of the molecule is CCCN(CCC)c1cnc(-c2ccc(O)cc2C)c2ccccc12. The van der Waals surface area contributed by atoms with Crippen molar-refractivity contribution in [1.29, 1.82) is 0 Å². The van der Waals surface area contributed by atoms with Crippen molar-refractivity contribution in [2.45, 2.75) is 33.6 Å². The van der Waals surface area contributed by atoms with Crippen LogP contribution < -0.4 is 4.90 Å². The van der Waals surface area contributed by atoms with Crippen LogP contribution in [0.1, 0.15) is 32.3 Å². The van der Waals surface area contributed by atoms with E-state index in [2.05, 4.69) is 43.0 Å². The van der Waals surface area contributed by atoms with Gasteiger partial charge in [0.1, 0.15) is 5.75 Å². The number of phenolic OH excluding ortho intramolecular Hbond substituents is 1. The van der Waals surface area contributed by atoms with Gasteiger partial charge >= 0.3 is 0 Å². The lowest BCUT2D eigenvalue weighted by Crippen LogP contribution is -2.25. The molecule has 0 aliphatic rings. The van der Waals surface area contributed by atoms with Crippen molar-refractivity contribution in [3.05, 3.63) is 54.2 Å². The minimum Gasteiger partial charge on any atom is -0.508 e. The predicted octanol–water partition coefficient (Wildman–Crippen LogP) is 5.54. The minimum atomic E-state index is 0.291. The van der Waals surface area contributed by atoms with Crippen molar-refractivity contribution in [1.82, 2.24) is 4.98 Å². The quantitative estimate of drug-likeness (QED) is 0.643. The number of benzene rings is 2. The summed E-state index contributed by atoms with van der Waals surface area (Å²) in [5.74, 6) is 0.291. The maximum Gasteiger partial charge on any atom is 0.115 e. The van der Waals surface area contributed by atoms with E-state index in [0.29, 0.717) is 5.75 Å². The van der Waals surface area contributed by atoms with Gasteiger partial charge in [0.05, 0.1) is 17.6 Å². The van der Waals surface area contributed by atoms with Gasteiger partial charge in [-0.15, -0.1) is 0 Å². The second kappa shape index (κ2) is 7.56. The molecule has 0 saturated heterocycles. The van der Waals surface area contributed by atoms with Crippen LogP contribution in [0, 0.1) is 6.92 Å². The maximum absolute atomic E-state index is 9.71. The first-order valence-electron chi connectivity index (χ1n) is 9.08. The molecule has 3 aromatic rings. The summed E-state index contributed by atoms with van der Waals surface area (Å²) in [6.45, 7) is 8.52. The molecule has 0 spiro atoms. The molecule has 1 N–H and O–H groups in total. The summed E-state index contributed by atoms with van der Waals surface area (Å²) >= 11 is 0. The van der Waals surface area contributed by atoms with Crippen LogP contribution in [0.2, 0.25) is 0 Å². The summed E-state index contributed by atoms with van der Waals surface area (Å²) in [4.78, 5) is 7.26. The van der Waals surface area contributed by atoms with E-state index in [1.54, 1.807) is 12.1 Å². The van der Waals surface area contributed by atoms with E-state index in [1.165, 1.54) is 11.1 Å². The van der Waals surface area contributed by atoms with Crippen molar-refractivity contribution in [2.75, 3.05) is 18.0 Å². The summed E-state index contributed by atoms with van der Waals surface area (Å²) in [7, 11) is 0. The number of nitrogens with zero attached hydrogens (tertiary/aromatic N) is 2. The van der Waals surface area contributed by atoms with Crippen molar-refractivity contribution in [3.8, 4) is 17.0 Å². The van der Waals surface area contributed by atoms with Gasteiger partial charge in [-0.25, -0.2) is 0 Å². The van der Waals surface area contributed by atoms with Crippen LogP contribution in [0.3, 0.4) is 0 Å². The Morgan fingerprint density at radius 3 is 2.28 bits per heavy atom. The Morgan fingerprint density at radius 2 is 1.64 bits per heavy atom. The number of aromatic nitrogens is 1. The summed E-state index contributed by atoms with van der Waals surface area (Å²) < 4.78 is 0. The molecule has 1 heterocycles. The molecule has 1 aromatic heterocycles. The van der Waals surface area contributed by atoms with E-state index in [1.807, 2.05) is 19.2 Å². The standard InChI is InChI=1S/C22H26N2O/c1-4-12-24(13-5-2)21-15-23-22(20-9-7-6-8-19(20)21)18-11-10-17(25)14-16(18)3/h6-11,14-15,25H,4-5,12-13H2,1-3H3. The minimum absolute atomic E-state index is 0.291. The lowest BCUT2D eigenvalue weighted by molar-refractivity contribution is 0.475. The van der Waals surface area contributed by atoms with Crippen molar-refractivity contribution in [2.24, 2.45) is 0 Å². The number of fused-ring (bicyclic) bond motifs is 1. The highest BCUT2D eigenvalue weighted by Gasteiger charge is 2.14. The van der Waals surface area contributed by atoms with Crippen LogP contribution in [0.15, 0.2) is 48.7 Å². The third-order valence-electron chi connectivity index (χ3n) is 4.57. The molecule has 0 atom stereocenters. The zero-order valence-corrected chi connectivity index (χ0v) is 15.3. The number of phenols is 1. The molecule has 2 aromatic carbocycles. The molecule has 0 bridgehead atoms. The zero-order valence-electron chi connectivity index (χ0n) is 15.3. The molecule has 0 unspecified atom stereocenters. The van der Waals surface area contributed by atoms with Crippen LogP contribution in [0.5, 0.6) is 5.75 Å². The molecule has 3 nitrogen and oxygen atoms in total. The van der Waals surface area contributed by atoms with Gasteiger partial charge in [-0.1, -0.05) is 38.1 Å². The van der Waals surface area contributed by atoms with Gasteiger partial charge in [-0.3, -0.25) is 4.98 Å². The van der Waals surface area contributed by atoms with Gasteiger partial charge in [0.25, 0.3) is 0 Å². The van der Waals surface area contributed by atoms with Gasteiger partial charge in [-0.05, 0) is 43.5 Å². The molecule has 25 heavy (non-hydrogen) atoms. The average molecular weight is 334 g/mol. The van der Waals surface area contributed by atoms with E-state index in [4.69, 9.17) is 4.98 Å². The molecule has 0 amide bonds. The lowest BCUT2D eigenvalue weighted by atomic mass is 9.99. The smallest absolute Gasteiger partial charge is 0.115 e. The number of aromatic hydroxyl groups is 1. The number of pyridine rings is 1. The van der Waals surface area contributed by atoms with Crippen molar-refractivity contribution in [3.63, 3.8) is 0 Å². The molecule has 0 saturated carbocycles. The second-order valence-corrected chi connectivity index (χ2v) is 6.52. The topological polar surface area (TPSA) is 36.4 Å². The fraction of sp³-hybridized carbons (Fsp3) is 0.318. The van der Waals surface area contributed by atoms with Crippen LogP contribution in [-0.2, 0) is 0 Å². The van der Waals surface area contributed by atoms with Crippen LogP contribution in [-0.4, -0.2) is 23.2 Å². The highest BCUT2D eigenvalue weighted by molar-refractivity contribution is 6.02. The Morgan fingerprint density at radius 1 is 0.960 bits per heavy atom. The first kappa shape index (κ1) is 17.3. The summed E-state index contributed by atoms with van der Waals surface area (Å²) in [6, 6.07) is 14.0. The number of aryl methyl sites for hydroxylation is 1. The Bertz CT molecular complexity index is 867. The van der Waals surface area contributed by atoms with Crippen LogP contribution in [0.4, 0.5) is 5.69 Å². The normalized spacial score (nSPS) is 11.0. The Kier molecular flexibility index (Phi) is 5.22. The van der Waals surface area contributed by atoms with E-state index >= 15 is 0 Å². The van der Waals surface area contributed by atoms with E-state index < -0.39 is 0 Å². The average Bonchev–Trinajstić information content (AvgIpc) is 2.61. The lowest BCUT2D eigenvalue weighted by Gasteiger charge is -2.25. The van der Waals surface area contributed by atoms with Gasteiger partial charge in [-0.2, -0.15) is 0 Å². The maximum atomic E-state index is 9.71. The molecular weight excluding hydrogens is 308 g/mol. The van der Waals surface area contributed by atoms with E-state index in [9.17, 15) is 5.11 Å². The highest BCUT2D eigenvalue weighted by Crippen LogP contribution is 2.35. The molecule has 0 aliphatic carbocycles. The fourth-order valence-electron chi connectivity index (χ4n) is 3.45. The van der Waals surface area contributed by atoms with Gasteiger partial charge in [0, 0.05) is 29.4 Å². The van der Waals surface area contributed by atoms with Gasteiger partial charge in [0.15, 0.2) is 0 Å². The predicted molar refractivity (Wildman–Crippen MR) is 106 cm³/mol. The molecular formula is C22H26N2O. The van der Waals surface area contributed by atoms with Gasteiger partial charge < -0.3 is 10.0 Å². The van der Waals surface area contributed by atoms with Gasteiger partial charge in [0.2, 0.25) is 0 Å². The molecule has 0 aliphatic heterocycles. The van der Waals surface area contributed by atoms with Crippen LogP contribution in [0.25, 0.3) is 22.0 Å². The second-order valence-electron chi connectivity index (χ2n) is 6.52. The highest BCUT2D eigenvalue weighted by atomic mass is 16.3. The Hall–Kier alpha value is -2.55. The van der Waals surface area contributed by atoms with Crippen LogP contribution >= 0.6 is 0 Å². The number of hydrogen-bond acceptors (Lipinski definition) is 3. The molecule has 3 rings (SSSR count). The molecule has 0 radical (unpaired) electrons. The first-order valence-corrected chi connectivity index (χ1v) is 9.08. The Labute approximate surface area is 149 Å². The number of anilines is 1. The molecule has 130 valence electrons. The summed E-state index contributed by atoms with van der Waals surface area (Å²) in [6.07, 6.45) is 4.25. The zero-order chi connectivity index (χ0) is 17.8. The molecule has 3 heteroatoms. The third-order valence-corrected chi connectivity index (χ3v) is 4.57. The number of hydrogen-bond donors (Lipinski definition) is 1. The third kappa shape index (κ3) is 3.46. The largest absolute Gasteiger partial charge is 0.508 e. The number of rotatable bonds is 6. The fourth-order valence-corrected chi connectivity index (χ4v) is 3.45. The summed E-state index contributed by atoms with van der Waals surface area (Å²) in [5, 5.41) is 12.1. The van der Waals surface area contributed by atoms with Crippen molar-refractivity contribution < 1.29 is 5.11 Å². The van der Waals surface area contributed by atoms with E-state index in [-0.39, 0.29) is 0 Å². The van der Waals surface area contributed by atoms with Crippen molar-refractivity contribution >= 4 is 16.5 Å². The summed E-state index contributed by atoms with van der Waals surface area (Å²) in [5.41, 5.74) is 4.28. The molecule has 0 fully saturated rings.